The molecule has 2 atom stereocenters. The maximum absolute atomic E-state index is 5.60. The molecule has 2 heterocycles. The molecule has 4 heteroatoms. The maximum atomic E-state index is 5.60. The van der Waals surface area contributed by atoms with E-state index in [1.54, 1.807) is 6.33 Å². The number of rotatable bonds is 2. The topological polar surface area (TPSA) is 39.9 Å². The number of benzene rings is 1. The zero-order chi connectivity index (χ0) is 11.7. The lowest BCUT2D eigenvalue weighted by Gasteiger charge is -2.14. The Morgan fingerprint density at radius 1 is 1.29 bits per heavy atom. The Balaban J connectivity index is 2.00. The average Bonchev–Trinajstić information content (AvgIpc) is 2.98. The molecule has 4 nitrogen and oxygen atoms in total. The van der Waals surface area contributed by atoms with Crippen molar-refractivity contribution in [3.63, 3.8) is 0 Å². The fraction of sp³-hybridized carbons (Fsp3) is 0.385. The van der Waals surface area contributed by atoms with Crippen LogP contribution in [0.15, 0.2) is 36.7 Å². The third-order valence-electron chi connectivity index (χ3n) is 3.32. The first kappa shape index (κ1) is 10.5. The van der Waals surface area contributed by atoms with Gasteiger partial charge in [-0.05, 0) is 25.5 Å². The van der Waals surface area contributed by atoms with Crippen molar-refractivity contribution in [3.05, 3.63) is 42.5 Å². The summed E-state index contributed by atoms with van der Waals surface area (Å²) in [6, 6.07) is 10.2. The number of para-hydroxylation sites is 1. The predicted molar refractivity (Wildman–Crippen MR) is 64.1 cm³/mol. The molecule has 3 rings (SSSR count). The van der Waals surface area contributed by atoms with Crippen LogP contribution in [0.3, 0.4) is 0 Å². The smallest absolute Gasteiger partial charge is 0.143 e. The van der Waals surface area contributed by atoms with Gasteiger partial charge in [-0.3, -0.25) is 4.57 Å². The Morgan fingerprint density at radius 3 is 2.82 bits per heavy atom. The van der Waals surface area contributed by atoms with Crippen molar-refractivity contribution in [3.8, 4) is 5.69 Å². The lowest BCUT2D eigenvalue weighted by molar-refractivity contribution is 0.117. The van der Waals surface area contributed by atoms with Crippen molar-refractivity contribution >= 4 is 0 Å². The van der Waals surface area contributed by atoms with Crippen molar-refractivity contribution in [2.75, 3.05) is 6.61 Å². The summed E-state index contributed by atoms with van der Waals surface area (Å²) in [7, 11) is 0. The first-order chi connectivity index (χ1) is 8.36. The molecular weight excluding hydrogens is 214 g/mol. The molecule has 0 aliphatic carbocycles. The molecule has 1 fully saturated rings. The van der Waals surface area contributed by atoms with E-state index in [0.717, 1.165) is 24.5 Å². The van der Waals surface area contributed by atoms with Gasteiger partial charge in [0.25, 0.3) is 0 Å². The van der Waals surface area contributed by atoms with E-state index in [2.05, 4.69) is 33.8 Å². The minimum atomic E-state index is 0.224. The molecule has 88 valence electrons. The molecule has 0 bridgehead atoms. The Hall–Kier alpha value is -1.68. The second-order valence-electron chi connectivity index (χ2n) is 4.37. The van der Waals surface area contributed by atoms with E-state index in [4.69, 9.17) is 4.74 Å². The summed E-state index contributed by atoms with van der Waals surface area (Å²) in [5.41, 5.74) is 1.10. The maximum Gasteiger partial charge on any atom is 0.143 e. The van der Waals surface area contributed by atoms with Crippen LogP contribution in [0.1, 0.15) is 25.1 Å². The normalized spacial score (nSPS) is 24.1. The molecule has 1 aromatic carbocycles. The van der Waals surface area contributed by atoms with Gasteiger partial charge in [0.2, 0.25) is 0 Å². The Morgan fingerprint density at radius 2 is 2.12 bits per heavy atom. The number of aromatic nitrogens is 3. The monoisotopic (exact) mass is 229 g/mol. The van der Waals surface area contributed by atoms with Gasteiger partial charge in [0.1, 0.15) is 12.2 Å². The van der Waals surface area contributed by atoms with Crippen molar-refractivity contribution in [1.82, 2.24) is 14.8 Å². The standard InChI is InChI=1S/C13H15N3O/c1-10-12(7-8-17-10)13-15-14-9-16(13)11-5-3-2-4-6-11/h2-6,9-10,12H,7-8H2,1H3. The molecule has 0 N–H and O–H groups in total. The second kappa shape index (κ2) is 4.30. The van der Waals surface area contributed by atoms with Crippen LogP contribution in [-0.2, 0) is 4.74 Å². The van der Waals surface area contributed by atoms with Gasteiger partial charge >= 0.3 is 0 Å². The van der Waals surface area contributed by atoms with Crippen molar-refractivity contribution in [2.45, 2.75) is 25.4 Å². The summed E-state index contributed by atoms with van der Waals surface area (Å²) >= 11 is 0. The largest absolute Gasteiger partial charge is 0.378 e. The van der Waals surface area contributed by atoms with Crippen LogP contribution in [0, 0.1) is 0 Å². The van der Waals surface area contributed by atoms with E-state index < -0.39 is 0 Å². The van der Waals surface area contributed by atoms with E-state index in [1.165, 1.54) is 0 Å². The molecule has 1 aliphatic heterocycles. The van der Waals surface area contributed by atoms with Crippen LogP contribution in [-0.4, -0.2) is 27.5 Å². The fourth-order valence-electron chi connectivity index (χ4n) is 2.36. The lowest BCUT2D eigenvalue weighted by Crippen LogP contribution is -2.14. The Kier molecular flexibility index (Phi) is 2.65. The number of hydrogen-bond acceptors (Lipinski definition) is 3. The third-order valence-corrected chi connectivity index (χ3v) is 3.32. The van der Waals surface area contributed by atoms with Gasteiger partial charge in [0, 0.05) is 18.2 Å². The van der Waals surface area contributed by atoms with Crippen molar-refractivity contribution in [1.29, 1.82) is 0 Å². The molecule has 1 aromatic heterocycles. The Labute approximate surface area is 100 Å². The van der Waals surface area contributed by atoms with E-state index in [-0.39, 0.29) is 6.10 Å². The highest BCUT2D eigenvalue weighted by Crippen LogP contribution is 2.30. The van der Waals surface area contributed by atoms with Crippen molar-refractivity contribution in [2.24, 2.45) is 0 Å². The van der Waals surface area contributed by atoms with E-state index in [0.29, 0.717) is 5.92 Å². The van der Waals surface area contributed by atoms with Crippen LogP contribution in [0.25, 0.3) is 5.69 Å². The Bertz CT molecular complexity index is 494. The van der Waals surface area contributed by atoms with Crippen LogP contribution >= 0.6 is 0 Å². The predicted octanol–water partition coefficient (Wildman–Crippen LogP) is 2.16. The summed E-state index contributed by atoms with van der Waals surface area (Å²) in [6.45, 7) is 2.91. The van der Waals surface area contributed by atoms with Crippen molar-refractivity contribution < 1.29 is 4.74 Å². The van der Waals surface area contributed by atoms with Gasteiger partial charge < -0.3 is 4.74 Å². The zero-order valence-electron chi connectivity index (χ0n) is 9.78. The molecule has 1 saturated heterocycles. The molecule has 0 amide bonds. The van der Waals surface area contributed by atoms with Crippen LogP contribution < -0.4 is 0 Å². The molecule has 1 aliphatic rings. The van der Waals surface area contributed by atoms with Crippen LogP contribution in [0.2, 0.25) is 0 Å². The minimum Gasteiger partial charge on any atom is -0.378 e. The summed E-state index contributed by atoms with van der Waals surface area (Å²) in [5, 5.41) is 8.29. The van der Waals surface area contributed by atoms with Gasteiger partial charge in [-0.2, -0.15) is 0 Å². The van der Waals surface area contributed by atoms with E-state index in [1.807, 2.05) is 18.2 Å². The van der Waals surface area contributed by atoms with Gasteiger partial charge in [0.15, 0.2) is 0 Å². The molecule has 0 spiro atoms. The van der Waals surface area contributed by atoms with Crippen LogP contribution in [0.4, 0.5) is 0 Å². The minimum absolute atomic E-state index is 0.224. The zero-order valence-corrected chi connectivity index (χ0v) is 9.78. The fourth-order valence-corrected chi connectivity index (χ4v) is 2.36. The first-order valence-electron chi connectivity index (χ1n) is 5.93. The quantitative estimate of drug-likeness (QED) is 0.792. The van der Waals surface area contributed by atoms with Gasteiger partial charge in [-0.15, -0.1) is 10.2 Å². The first-order valence-corrected chi connectivity index (χ1v) is 5.93. The second-order valence-corrected chi connectivity index (χ2v) is 4.37. The van der Waals surface area contributed by atoms with E-state index in [9.17, 15) is 0 Å². The summed E-state index contributed by atoms with van der Waals surface area (Å²) < 4.78 is 7.65. The highest BCUT2D eigenvalue weighted by Gasteiger charge is 2.30. The summed E-state index contributed by atoms with van der Waals surface area (Å²) in [6.07, 6.45) is 3.02. The molecule has 0 radical (unpaired) electrons. The highest BCUT2D eigenvalue weighted by molar-refractivity contribution is 5.32. The molecule has 17 heavy (non-hydrogen) atoms. The van der Waals surface area contributed by atoms with Crippen LogP contribution in [0.5, 0.6) is 0 Å². The summed E-state index contributed by atoms with van der Waals surface area (Å²) in [5.74, 6) is 1.35. The van der Waals surface area contributed by atoms with Gasteiger partial charge in [-0.1, -0.05) is 18.2 Å². The summed E-state index contributed by atoms with van der Waals surface area (Å²) in [4.78, 5) is 0. The molecule has 2 unspecified atom stereocenters. The number of hydrogen-bond donors (Lipinski definition) is 0. The molecule has 0 saturated carbocycles. The van der Waals surface area contributed by atoms with Gasteiger partial charge in [-0.25, -0.2) is 0 Å². The van der Waals surface area contributed by atoms with Gasteiger partial charge in [0.05, 0.1) is 6.10 Å². The molecule has 2 aromatic rings. The van der Waals surface area contributed by atoms with E-state index >= 15 is 0 Å². The average molecular weight is 229 g/mol. The SMILES string of the molecule is CC1OCCC1c1nncn1-c1ccccc1. The lowest BCUT2D eigenvalue weighted by atomic mass is 10.0. The third kappa shape index (κ3) is 1.85. The number of nitrogens with zero attached hydrogens (tertiary/aromatic N) is 3. The highest BCUT2D eigenvalue weighted by atomic mass is 16.5. The number of ether oxygens (including phenoxy) is 1. The molecular formula is C13H15N3O.